The highest BCUT2D eigenvalue weighted by Crippen LogP contribution is 2.30. The van der Waals surface area contributed by atoms with E-state index >= 15 is 0 Å². The first-order chi connectivity index (χ1) is 12.1. The van der Waals surface area contributed by atoms with Crippen LogP contribution in [-0.4, -0.2) is 32.8 Å². The number of rotatable bonds is 4. The molecule has 1 aromatic carbocycles. The van der Waals surface area contributed by atoms with Crippen LogP contribution in [0.15, 0.2) is 24.3 Å². The van der Waals surface area contributed by atoms with E-state index in [2.05, 4.69) is 39.5 Å². The molecule has 1 aliphatic heterocycles. The minimum Gasteiger partial charge on any atom is -0.296 e. The topological polar surface area (TPSA) is 34.0 Å². The zero-order valence-corrected chi connectivity index (χ0v) is 16.7. The van der Waals surface area contributed by atoms with E-state index in [0.717, 1.165) is 43.4 Å². The predicted octanol–water partition coefficient (Wildman–Crippen LogP) is 4.62. The van der Waals surface area contributed by atoms with Crippen molar-refractivity contribution in [1.82, 2.24) is 19.7 Å². The van der Waals surface area contributed by atoms with Crippen LogP contribution < -0.4 is 0 Å². The molecule has 2 heterocycles. The summed E-state index contributed by atoms with van der Waals surface area (Å²) in [5.41, 5.74) is 1.41. The Kier molecular flexibility index (Phi) is 5.20. The van der Waals surface area contributed by atoms with E-state index in [1.54, 1.807) is 12.1 Å². The molecule has 3 rings (SSSR count). The fourth-order valence-electron chi connectivity index (χ4n) is 3.35. The number of likely N-dealkylation sites (tertiary alicyclic amines) is 1. The average Bonchev–Trinajstić information content (AvgIpc) is 2.90. The molecule has 5 heteroatoms. The fourth-order valence-corrected chi connectivity index (χ4v) is 3.35. The van der Waals surface area contributed by atoms with Crippen LogP contribution in [0.3, 0.4) is 0 Å². The summed E-state index contributed by atoms with van der Waals surface area (Å²) >= 11 is 0. The quantitative estimate of drug-likeness (QED) is 0.800. The Bertz CT molecular complexity index is 730. The number of hydrogen-bond donors (Lipinski definition) is 0. The van der Waals surface area contributed by atoms with Crippen molar-refractivity contribution in [3.05, 3.63) is 41.7 Å². The van der Waals surface area contributed by atoms with Gasteiger partial charge in [0.15, 0.2) is 5.82 Å². The molecule has 0 bridgehead atoms. The highest BCUT2D eigenvalue weighted by Gasteiger charge is 2.26. The molecule has 0 radical (unpaired) electrons. The van der Waals surface area contributed by atoms with Gasteiger partial charge >= 0.3 is 0 Å². The molecule has 1 aliphatic rings. The van der Waals surface area contributed by atoms with Crippen molar-refractivity contribution >= 4 is 0 Å². The molecular weight excluding hydrogens is 327 g/mol. The Balaban J connectivity index is 1.83. The normalized spacial score (nSPS) is 18.2. The van der Waals surface area contributed by atoms with E-state index in [4.69, 9.17) is 10.1 Å². The monoisotopic (exact) mass is 358 g/mol. The molecular formula is C21H31FN4. The maximum Gasteiger partial charge on any atom is 0.165 e. The van der Waals surface area contributed by atoms with E-state index in [-0.39, 0.29) is 11.2 Å². The van der Waals surface area contributed by atoms with E-state index < -0.39 is 0 Å². The maximum absolute atomic E-state index is 13.3. The highest BCUT2D eigenvalue weighted by molar-refractivity contribution is 5.32. The Labute approximate surface area is 156 Å². The minimum absolute atomic E-state index is 0.108. The maximum atomic E-state index is 13.3. The first kappa shape index (κ1) is 19.0. The van der Waals surface area contributed by atoms with Gasteiger partial charge in [0.05, 0.1) is 12.2 Å². The van der Waals surface area contributed by atoms with Crippen molar-refractivity contribution in [3.8, 4) is 5.69 Å². The lowest BCUT2D eigenvalue weighted by Gasteiger charge is -2.36. The lowest BCUT2D eigenvalue weighted by molar-refractivity contribution is 0.124. The van der Waals surface area contributed by atoms with Crippen LogP contribution in [0.1, 0.15) is 59.1 Å². The summed E-state index contributed by atoms with van der Waals surface area (Å²) in [5, 5.41) is 4.77. The van der Waals surface area contributed by atoms with E-state index in [1.165, 1.54) is 25.0 Å². The third-order valence-electron chi connectivity index (χ3n) is 5.05. The summed E-state index contributed by atoms with van der Waals surface area (Å²) in [6, 6.07) is 6.49. The van der Waals surface area contributed by atoms with Crippen molar-refractivity contribution < 1.29 is 4.39 Å². The molecule has 2 aromatic rings. The second kappa shape index (κ2) is 7.10. The van der Waals surface area contributed by atoms with Gasteiger partial charge in [-0.25, -0.2) is 14.1 Å². The lowest BCUT2D eigenvalue weighted by atomic mass is 9.83. The summed E-state index contributed by atoms with van der Waals surface area (Å²) in [7, 11) is 0. The average molecular weight is 359 g/mol. The standard InChI is InChI=1S/C21H31FN4/c1-20(2,3)14-19-23-18(15-25-12-10-21(4,5)11-13-25)24-26(19)17-8-6-16(22)7-9-17/h6-9H,10-15H2,1-5H3. The molecule has 0 spiro atoms. The van der Waals surface area contributed by atoms with Crippen LogP contribution in [0.25, 0.3) is 5.69 Å². The van der Waals surface area contributed by atoms with Crippen LogP contribution in [0.2, 0.25) is 0 Å². The predicted molar refractivity (Wildman–Crippen MR) is 103 cm³/mol. The van der Waals surface area contributed by atoms with Gasteiger partial charge in [0.25, 0.3) is 0 Å². The molecule has 1 saturated heterocycles. The molecule has 0 atom stereocenters. The zero-order chi connectivity index (χ0) is 18.9. The summed E-state index contributed by atoms with van der Waals surface area (Å²) in [4.78, 5) is 7.28. The Morgan fingerprint density at radius 1 is 1.08 bits per heavy atom. The minimum atomic E-state index is -0.234. The Morgan fingerprint density at radius 2 is 1.69 bits per heavy atom. The van der Waals surface area contributed by atoms with Gasteiger partial charge in [-0.3, -0.25) is 4.90 Å². The van der Waals surface area contributed by atoms with Crippen molar-refractivity contribution in [2.45, 2.75) is 60.4 Å². The third kappa shape index (κ3) is 4.91. The van der Waals surface area contributed by atoms with Crippen LogP contribution in [0, 0.1) is 16.6 Å². The van der Waals surface area contributed by atoms with Crippen LogP contribution in [0.4, 0.5) is 4.39 Å². The molecule has 0 saturated carbocycles. The molecule has 0 amide bonds. The number of halogens is 1. The van der Waals surface area contributed by atoms with E-state index in [0.29, 0.717) is 5.41 Å². The molecule has 0 unspecified atom stereocenters. The molecule has 142 valence electrons. The lowest BCUT2D eigenvalue weighted by Crippen LogP contribution is -2.37. The first-order valence-corrected chi connectivity index (χ1v) is 9.54. The van der Waals surface area contributed by atoms with Crippen molar-refractivity contribution in [3.63, 3.8) is 0 Å². The van der Waals surface area contributed by atoms with Gasteiger partial charge in [-0.05, 0) is 61.0 Å². The number of piperidine rings is 1. The van der Waals surface area contributed by atoms with Gasteiger partial charge in [-0.1, -0.05) is 34.6 Å². The molecule has 26 heavy (non-hydrogen) atoms. The van der Waals surface area contributed by atoms with Gasteiger partial charge < -0.3 is 0 Å². The van der Waals surface area contributed by atoms with Crippen LogP contribution in [-0.2, 0) is 13.0 Å². The molecule has 0 aliphatic carbocycles. The van der Waals surface area contributed by atoms with Crippen molar-refractivity contribution in [2.75, 3.05) is 13.1 Å². The fraction of sp³-hybridized carbons (Fsp3) is 0.619. The highest BCUT2D eigenvalue weighted by atomic mass is 19.1. The number of hydrogen-bond acceptors (Lipinski definition) is 3. The summed E-state index contributed by atoms with van der Waals surface area (Å²) in [6.45, 7) is 14.2. The van der Waals surface area contributed by atoms with Gasteiger partial charge in [-0.2, -0.15) is 0 Å². The van der Waals surface area contributed by atoms with Crippen molar-refractivity contribution in [1.29, 1.82) is 0 Å². The number of benzene rings is 1. The second-order valence-corrected chi connectivity index (χ2v) is 9.51. The smallest absolute Gasteiger partial charge is 0.165 e. The molecule has 4 nitrogen and oxygen atoms in total. The number of nitrogens with zero attached hydrogens (tertiary/aromatic N) is 4. The third-order valence-corrected chi connectivity index (χ3v) is 5.05. The van der Waals surface area contributed by atoms with Gasteiger partial charge in [-0.15, -0.1) is 5.10 Å². The summed E-state index contributed by atoms with van der Waals surface area (Å²) in [5.74, 6) is 1.56. The van der Waals surface area contributed by atoms with E-state index in [9.17, 15) is 4.39 Å². The summed E-state index contributed by atoms with van der Waals surface area (Å²) in [6.07, 6.45) is 3.24. The Morgan fingerprint density at radius 3 is 2.27 bits per heavy atom. The Hall–Kier alpha value is -1.75. The van der Waals surface area contributed by atoms with Crippen molar-refractivity contribution in [2.24, 2.45) is 10.8 Å². The zero-order valence-electron chi connectivity index (χ0n) is 16.7. The first-order valence-electron chi connectivity index (χ1n) is 9.54. The van der Waals surface area contributed by atoms with Gasteiger partial charge in [0, 0.05) is 6.42 Å². The van der Waals surface area contributed by atoms with Crippen LogP contribution in [0.5, 0.6) is 0 Å². The van der Waals surface area contributed by atoms with Gasteiger partial charge in [0.1, 0.15) is 11.6 Å². The van der Waals surface area contributed by atoms with Crippen LogP contribution >= 0.6 is 0 Å². The molecule has 1 aromatic heterocycles. The largest absolute Gasteiger partial charge is 0.296 e. The SMILES string of the molecule is CC(C)(C)Cc1nc(CN2CCC(C)(C)CC2)nn1-c1ccc(F)cc1. The second-order valence-electron chi connectivity index (χ2n) is 9.51. The summed E-state index contributed by atoms with van der Waals surface area (Å²) < 4.78 is 15.2. The number of aromatic nitrogens is 3. The van der Waals surface area contributed by atoms with Gasteiger partial charge in [0.2, 0.25) is 0 Å². The van der Waals surface area contributed by atoms with E-state index in [1.807, 2.05) is 4.68 Å². The molecule has 0 N–H and O–H groups in total. The molecule has 1 fully saturated rings.